The molecule has 0 aromatic rings. The predicted octanol–water partition coefficient (Wildman–Crippen LogP) is 3.08. The average molecular weight is 266 g/mol. The maximum Gasteiger partial charge on any atom is 0.224 e. The fraction of sp³-hybridized carbons (Fsp3) is 0.938. The van der Waals surface area contributed by atoms with Gasteiger partial charge in [-0.3, -0.25) is 4.79 Å². The van der Waals surface area contributed by atoms with Gasteiger partial charge in [-0.2, -0.15) is 0 Å². The van der Waals surface area contributed by atoms with Crippen LogP contribution in [0.5, 0.6) is 0 Å². The maximum atomic E-state index is 12.4. The smallest absolute Gasteiger partial charge is 0.224 e. The number of rotatable bonds is 3. The summed E-state index contributed by atoms with van der Waals surface area (Å²) in [5, 5.41) is 0. The van der Waals surface area contributed by atoms with Gasteiger partial charge in [-0.1, -0.05) is 26.2 Å². The summed E-state index contributed by atoms with van der Waals surface area (Å²) in [4.78, 5) is 14.4. The molecule has 0 saturated heterocycles. The standard InChI is InChI=1S/C16H30N2O/c1-13-6-8-14(9-7-13)18(2)15(19)12-16(17)10-4-3-5-11-16/h13-14H,3-12,17H2,1-2H3. The van der Waals surface area contributed by atoms with Gasteiger partial charge in [-0.25, -0.2) is 0 Å². The Morgan fingerprint density at radius 1 is 1.16 bits per heavy atom. The van der Waals surface area contributed by atoms with Crippen LogP contribution >= 0.6 is 0 Å². The van der Waals surface area contributed by atoms with Crippen molar-refractivity contribution in [3.63, 3.8) is 0 Å². The largest absolute Gasteiger partial charge is 0.343 e. The highest BCUT2D eigenvalue weighted by Gasteiger charge is 2.33. The van der Waals surface area contributed by atoms with Gasteiger partial charge >= 0.3 is 0 Å². The van der Waals surface area contributed by atoms with Crippen molar-refractivity contribution in [1.29, 1.82) is 0 Å². The summed E-state index contributed by atoms with van der Waals surface area (Å²) in [6.07, 6.45) is 11.1. The summed E-state index contributed by atoms with van der Waals surface area (Å²) >= 11 is 0. The Balaban J connectivity index is 1.84. The number of carbonyl (C=O) groups is 1. The van der Waals surface area contributed by atoms with Crippen molar-refractivity contribution in [1.82, 2.24) is 4.90 Å². The van der Waals surface area contributed by atoms with E-state index in [4.69, 9.17) is 5.73 Å². The molecule has 0 aliphatic heterocycles. The van der Waals surface area contributed by atoms with Gasteiger partial charge in [-0.05, 0) is 44.4 Å². The summed E-state index contributed by atoms with van der Waals surface area (Å²) in [6, 6.07) is 0.455. The van der Waals surface area contributed by atoms with E-state index in [2.05, 4.69) is 6.92 Å². The van der Waals surface area contributed by atoms with Gasteiger partial charge < -0.3 is 10.6 Å². The van der Waals surface area contributed by atoms with E-state index in [1.54, 1.807) is 0 Å². The molecule has 110 valence electrons. The number of carbonyl (C=O) groups excluding carboxylic acids is 1. The lowest BCUT2D eigenvalue weighted by Crippen LogP contribution is -2.48. The van der Waals surface area contributed by atoms with Crippen molar-refractivity contribution >= 4 is 5.91 Å². The molecule has 2 fully saturated rings. The van der Waals surface area contributed by atoms with Crippen LogP contribution in [-0.4, -0.2) is 29.4 Å². The number of hydrogen-bond donors (Lipinski definition) is 1. The highest BCUT2D eigenvalue weighted by atomic mass is 16.2. The van der Waals surface area contributed by atoms with E-state index in [1.807, 2.05) is 11.9 Å². The second-order valence-electron chi connectivity index (χ2n) is 7.02. The molecule has 0 radical (unpaired) electrons. The summed E-state index contributed by atoms with van der Waals surface area (Å²) in [7, 11) is 1.98. The number of nitrogens with zero attached hydrogens (tertiary/aromatic N) is 1. The van der Waals surface area contributed by atoms with E-state index in [0.29, 0.717) is 12.5 Å². The van der Waals surface area contributed by atoms with Crippen molar-refractivity contribution in [2.24, 2.45) is 11.7 Å². The van der Waals surface area contributed by atoms with Crippen LogP contribution in [0.4, 0.5) is 0 Å². The summed E-state index contributed by atoms with van der Waals surface area (Å²) < 4.78 is 0. The van der Waals surface area contributed by atoms with E-state index in [0.717, 1.165) is 18.8 Å². The molecular formula is C16H30N2O. The van der Waals surface area contributed by atoms with Crippen LogP contribution in [0.15, 0.2) is 0 Å². The third kappa shape index (κ3) is 3.95. The summed E-state index contributed by atoms with van der Waals surface area (Å²) in [5.41, 5.74) is 6.19. The van der Waals surface area contributed by atoms with Gasteiger partial charge in [0.15, 0.2) is 0 Å². The molecule has 2 aliphatic rings. The zero-order chi connectivity index (χ0) is 13.9. The van der Waals surface area contributed by atoms with E-state index in [1.165, 1.54) is 44.9 Å². The van der Waals surface area contributed by atoms with Crippen LogP contribution in [0.3, 0.4) is 0 Å². The number of nitrogens with two attached hydrogens (primary N) is 1. The molecule has 19 heavy (non-hydrogen) atoms. The Kier molecular flexibility index (Phi) is 4.88. The quantitative estimate of drug-likeness (QED) is 0.853. The van der Waals surface area contributed by atoms with E-state index < -0.39 is 0 Å². The molecule has 0 bridgehead atoms. The first-order valence-electron chi connectivity index (χ1n) is 8.05. The van der Waals surface area contributed by atoms with Crippen molar-refractivity contribution in [2.75, 3.05) is 7.05 Å². The van der Waals surface area contributed by atoms with Gasteiger partial charge in [0.1, 0.15) is 0 Å². The minimum Gasteiger partial charge on any atom is -0.343 e. The third-order valence-electron chi connectivity index (χ3n) is 5.28. The first-order valence-corrected chi connectivity index (χ1v) is 8.05. The van der Waals surface area contributed by atoms with E-state index in [-0.39, 0.29) is 11.4 Å². The first kappa shape index (κ1) is 14.8. The first-order chi connectivity index (χ1) is 9.00. The molecule has 2 rings (SSSR count). The van der Waals surface area contributed by atoms with Crippen molar-refractivity contribution < 1.29 is 4.79 Å². The molecule has 0 unspecified atom stereocenters. The fourth-order valence-electron chi connectivity index (χ4n) is 3.69. The minimum absolute atomic E-state index is 0.217. The topological polar surface area (TPSA) is 46.3 Å². The van der Waals surface area contributed by atoms with Crippen LogP contribution in [0.2, 0.25) is 0 Å². The predicted molar refractivity (Wildman–Crippen MR) is 78.8 cm³/mol. The molecule has 3 nitrogen and oxygen atoms in total. The maximum absolute atomic E-state index is 12.4. The molecule has 1 amide bonds. The normalized spacial score (nSPS) is 30.9. The van der Waals surface area contributed by atoms with E-state index >= 15 is 0 Å². The Labute approximate surface area is 117 Å². The van der Waals surface area contributed by atoms with Gasteiger partial charge in [0.25, 0.3) is 0 Å². The van der Waals surface area contributed by atoms with Gasteiger partial charge in [0, 0.05) is 25.0 Å². The van der Waals surface area contributed by atoms with Crippen LogP contribution in [-0.2, 0) is 4.79 Å². The van der Waals surface area contributed by atoms with Crippen molar-refractivity contribution in [2.45, 2.75) is 82.7 Å². The second-order valence-corrected chi connectivity index (χ2v) is 7.02. The minimum atomic E-state index is -0.217. The Hall–Kier alpha value is -0.570. The molecule has 0 aromatic carbocycles. The SMILES string of the molecule is CC1CCC(N(C)C(=O)CC2(N)CCCCC2)CC1. The number of amides is 1. The van der Waals surface area contributed by atoms with Gasteiger partial charge in [0.05, 0.1) is 0 Å². The molecule has 3 heteroatoms. The second kappa shape index (κ2) is 6.25. The molecule has 2 N–H and O–H groups in total. The van der Waals surface area contributed by atoms with Gasteiger partial charge in [0.2, 0.25) is 5.91 Å². The van der Waals surface area contributed by atoms with E-state index in [9.17, 15) is 4.79 Å². The fourth-order valence-corrected chi connectivity index (χ4v) is 3.69. The van der Waals surface area contributed by atoms with Gasteiger partial charge in [-0.15, -0.1) is 0 Å². The molecule has 0 atom stereocenters. The molecule has 0 aromatic heterocycles. The highest BCUT2D eigenvalue weighted by Crippen LogP contribution is 2.31. The van der Waals surface area contributed by atoms with Crippen LogP contribution in [0.25, 0.3) is 0 Å². The van der Waals surface area contributed by atoms with Crippen LogP contribution in [0, 0.1) is 5.92 Å². The Morgan fingerprint density at radius 3 is 2.32 bits per heavy atom. The third-order valence-corrected chi connectivity index (χ3v) is 5.28. The molecule has 2 saturated carbocycles. The molecule has 0 spiro atoms. The molecular weight excluding hydrogens is 236 g/mol. The lowest BCUT2D eigenvalue weighted by atomic mass is 9.79. The highest BCUT2D eigenvalue weighted by molar-refractivity contribution is 5.77. The van der Waals surface area contributed by atoms with Crippen molar-refractivity contribution in [3.8, 4) is 0 Å². The Bertz CT molecular complexity index is 302. The summed E-state index contributed by atoms with van der Waals surface area (Å²) in [6.45, 7) is 2.31. The van der Waals surface area contributed by atoms with Crippen LogP contribution in [0.1, 0.15) is 71.1 Å². The molecule has 2 aliphatic carbocycles. The monoisotopic (exact) mass is 266 g/mol. The molecule has 0 heterocycles. The average Bonchev–Trinajstić information content (AvgIpc) is 2.39. The Morgan fingerprint density at radius 2 is 1.74 bits per heavy atom. The lowest BCUT2D eigenvalue weighted by molar-refractivity contribution is -0.134. The number of hydrogen-bond acceptors (Lipinski definition) is 2. The zero-order valence-corrected chi connectivity index (χ0v) is 12.7. The summed E-state index contributed by atoms with van der Waals surface area (Å²) in [5.74, 6) is 1.10. The lowest BCUT2D eigenvalue weighted by Gasteiger charge is -2.38. The van der Waals surface area contributed by atoms with Crippen LogP contribution < -0.4 is 5.73 Å². The zero-order valence-electron chi connectivity index (χ0n) is 12.7. The van der Waals surface area contributed by atoms with Crippen molar-refractivity contribution in [3.05, 3.63) is 0 Å².